The van der Waals surface area contributed by atoms with Crippen molar-refractivity contribution in [1.82, 2.24) is 0 Å². The van der Waals surface area contributed by atoms with Crippen molar-refractivity contribution in [2.24, 2.45) is 22.1 Å². The van der Waals surface area contributed by atoms with Gasteiger partial charge in [-0.3, -0.25) is 0 Å². The molecule has 1 aliphatic rings. The molecule has 0 aliphatic carbocycles. The van der Waals surface area contributed by atoms with Crippen molar-refractivity contribution in [2.45, 2.75) is 20.8 Å². The lowest BCUT2D eigenvalue weighted by Gasteiger charge is -2.24. The smallest absolute Gasteiger partial charge is 0.122 e. The Bertz CT molecular complexity index is 249. The zero-order chi connectivity index (χ0) is 9.19. The van der Waals surface area contributed by atoms with Gasteiger partial charge < -0.3 is 5.73 Å². The predicted molar refractivity (Wildman–Crippen MR) is 52.8 cm³/mol. The summed E-state index contributed by atoms with van der Waals surface area (Å²) in [6.07, 6.45) is 7.86. The molecule has 0 aromatic rings. The van der Waals surface area contributed by atoms with Crippen LogP contribution in [0.15, 0.2) is 29.0 Å². The van der Waals surface area contributed by atoms with Gasteiger partial charge in [-0.05, 0) is 12.0 Å². The van der Waals surface area contributed by atoms with Gasteiger partial charge in [-0.25, -0.2) is 4.99 Å². The highest BCUT2D eigenvalue weighted by Crippen LogP contribution is 2.27. The van der Waals surface area contributed by atoms with Gasteiger partial charge in [0.15, 0.2) is 0 Å². The molecule has 66 valence electrons. The molecular weight excluding hydrogens is 148 g/mol. The molecule has 0 bridgehead atoms. The summed E-state index contributed by atoms with van der Waals surface area (Å²) in [6.45, 7) is 6.51. The van der Waals surface area contributed by atoms with Crippen LogP contribution in [0.3, 0.4) is 0 Å². The molecule has 0 saturated heterocycles. The lowest BCUT2D eigenvalue weighted by molar-refractivity contribution is 0.424. The van der Waals surface area contributed by atoms with Gasteiger partial charge in [0.05, 0.1) is 0 Å². The highest BCUT2D eigenvalue weighted by atomic mass is 14.9. The summed E-state index contributed by atoms with van der Waals surface area (Å²) in [5.41, 5.74) is 5.61. The normalized spacial score (nSPS) is 28.8. The third-order valence-corrected chi connectivity index (χ3v) is 2.46. The zero-order valence-electron chi connectivity index (χ0n) is 7.91. The fourth-order valence-corrected chi connectivity index (χ4v) is 0.995. The molecule has 1 rings (SSSR count). The second-order valence-corrected chi connectivity index (χ2v) is 3.73. The third-order valence-electron chi connectivity index (χ3n) is 2.46. The first-order chi connectivity index (χ1) is 5.54. The SMILES string of the molecule is CC(C)C1(C)C=CC=C(N)N=C1. The second-order valence-electron chi connectivity index (χ2n) is 3.73. The number of allylic oxidation sites excluding steroid dienone is 3. The summed E-state index contributed by atoms with van der Waals surface area (Å²) in [5.74, 6) is 1.12. The van der Waals surface area contributed by atoms with Crippen molar-refractivity contribution < 1.29 is 0 Å². The Hall–Kier alpha value is -1.05. The fraction of sp³-hybridized carbons (Fsp3) is 0.500. The second kappa shape index (κ2) is 3.13. The molecule has 0 aromatic heterocycles. The van der Waals surface area contributed by atoms with Gasteiger partial charge in [0.1, 0.15) is 5.82 Å². The van der Waals surface area contributed by atoms with Crippen molar-refractivity contribution in [3.8, 4) is 0 Å². The van der Waals surface area contributed by atoms with Gasteiger partial charge in [0, 0.05) is 11.6 Å². The van der Waals surface area contributed by atoms with E-state index < -0.39 is 0 Å². The Morgan fingerprint density at radius 2 is 2.17 bits per heavy atom. The van der Waals surface area contributed by atoms with E-state index in [0.29, 0.717) is 11.7 Å². The molecule has 0 spiro atoms. The van der Waals surface area contributed by atoms with E-state index in [0.717, 1.165) is 0 Å². The average molecular weight is 164 g/mol. The zero-order valence-corrected chi connectivity index (χ0v) is 7.91. The molecule has 0 radical (unpaired) electrons. The summed E-state index contributed by atoms with van der Waals surface area (Å²) < 4.78 is 0. The molecule has 0 amide bonds. The number of aliphatic imine (C=N–C) groups is 1. The lowest BCUT2D eigenvalue weighted by atomic mass is 9.80. The fourth-order valence-electron chi connectivity index (χ4n) is 0.995. The molecule has 0 saturated carbocycles. The van der Waals surface area contributed by atoms with Crippen LogP contribution in [0, 0.1) is 11.3 Å². The van der Waals surface area contributed by atoms with Crippen LogP contribution in [-0.4, -0.2) is 6.21 Å². The number of hydrogen-bond donors (Lipinski definition) is 1. The van der Waals surface area contributed by atoms with Crippen molar-refractivity contribution in [3.05, 3.63) is 24.0 Å². The van der Waals surface area contributed by atoms with E-state index >= 15 is 0 Å². The van der Waals surface area contributed by atoms with Gasteiger partial charge in [0.2, 0.25) is 0 Å². The van der Waals surface area contributed by atoms with Gasteiger partial charge in [-0.15, -0.1) is 0 Å². The summed E-state index contributed by atoms with van der Waals surface area (Å²) in [5, 5.41) is 0. The Morgan fingerprint density at radius 1 is 1.50 bits per heavy atom. The van der Waals surface area contributed by atoms with Crippen LogP contribution in [0.2, 0.25) is 0 Å². The van der Waals surface area contributed by atoms with Crippen LogP contribution in [0.4, 0.5) is 0 Å². The maximum absolute atomic E-state index is 5.57. The minimum Gasteiger partial charge on any atom is -0.384 e. The summed E-state index contributed by atoms with van der Waals surface area (Å²) in [4.78, 5) is 4.15. The molecule has 2 heteroatoms. The Kier molecular flexibility index (Phi) is 2.36. The number of rotatable bonds is 1. The minimum atomic E-state index is 0.0393. The minimum absolute atomic E-state index is 0.0393. The molecule has 1 heterocycles. The Labute approximate surface area is 73.9 Å². The molecule has 1 aliphatic heterocycles. The topological polar surface area (TPSA) is 38.4 Å². The van der Waals surface area contributed by atoms with E-state index in [9.17, 15) is 0 Å². The number of hydrogen-bond acceptors (Lipinski definition) is 2. The van der Waals surface area contributed by atoms with Crippen LogP contribution >= 0.6 is 0 Å². The molecule has 0 aromatic carbocycles. The molecule has 0 fully saturated rings. The molecule has 2 N–H and O–H groups in total. The summed E-state index contributed by atoms with van der Waals surface area (Å²) in [6, 6.07) is 0. The van der Waals surface area contributed by atoms with Crippen LogP contribution in [0.1, 0.15) is 20.8 Å². The monoisotopic (exact) mass is 164 g/mol. The van der Waals surface area contributed by atoms with Gasteiger partial charge in [-0.2, -0.15) is 0 Å². The third kappa shape index (κ3) is 1.76. The lowest BCUT2D eigenvalue weighted by Crippen LogP contribution is -2.22. The molecule has 1 atom stereocenters. The number of nitrogens with zero attached hydrogens (tertiary/aromatic N) is 1. The Balaban J connectivity index is 2.92. The van der Waals surface area contributed by atoms with Crippen molar-refractivity contribution in [1.29, 1.82) is 0 Å². The quantitative estimate of drug-likeness (QED) is 0.633. The van der Waals surface area contributed by atoms with Gasteiger partial charge in [-0.1, -0.05) is 32.9 Å². The molecule has 1 unspecified atom stereocenters. The summed E-state index contributed by atoms with van der Waals surface area (Å²) >= 11 is 0. The molecule has 2 nitrogen and oxygen atoms in total. The average Bonchev–Trinajstić information content (AvgIpc) is 2.15. The maximum atomic E-state index is 5.57. The highest BCUT2D eigenvalue weighted by Gasteiger charge is 2.23. The highest BCUT2D eigenvalue weighted by molar-refractivity contribution is 5.70. The molecule has 12 heavy (non-hydrogen) atoms. The van der Waals surface area contributed by atoms with Crippen LogP contribution in [0.25, 0.3) is 0 Å². The first-order valence-corrected chi connectivity index (χ1v) is 4.25. The van der Waals surface area contributed by atoms with Crippen molar-refractivity contribution in [3.63, 3.8) is 0 Å². The number of nitrogens with two attached hydrogens (primary N) is 1. The predicted octanol–water partition coefficient (Wildman–Crippen LogP) is 2.09. The first-order valence-electron chi connectivity index (χ1n) is 4.25. The largest absolute Gasteiger partial charge is 0.384 e. The summed E-state index contributed by atoms with van der Waals surface area (Å²) in [7, 11) is 0. The van der Waals surface area contributed by atoms with E-state index in [1.165, 1.54) is 0 Å². The van der Waals surface area contributed by atoms with E-state index in [4.69, 9.17) is 5.73 Å². The van der Waals surface area contributed by atoms with E-state index in [1.54, 1.807) is 0 Å². The van der Waals surface area contributed by atoms with Crippen molar-refractivity contribution in [2.75, 3.05) is 0 Å². The van der Waals surface area contributed by atoms with E-state index in [2.05, 4.69) is 31.8 Å². The van der Waals surface area contributed by atoms with Gasteiger partial charge >= 0.3 is 0 Å². The first kappa shape index (κ1) is 9.04. The van der Waals surface area contributed by atoms with Gasteiger partial charge in [0.25, 0.3) is 0 Å². The van der Waals surface area contributed by atoms with Crippen LogP contribution < -0.4 is 5.73 Å². The molecular formula is C10H16N2. The van der Waals surface area contributed by atoms with E-state index in [1.807, 2.05) is 18.4 Å². The standard InChI is InChI=1S/C10H16N2/c1-8(2)10(3)6-4-5-9(11)12-7-10/h4-8H,11H2,1-3H3. The Morgan fingerprint density at radius 3 is 2.75 bits per heavy atom. The van der Waals surface area contributed by atoms with E-state index in [-0.39, 0.29) is 5.41 Å². The van der Waals surface area contributed by atoms with Crippen molar-refractivity contribution >= 4 is 6.21 Å². The van der Waals surface area contributed by atoms with Crippen LogP contribution in [0.5, 0.6) is 0 Å². The maximum Gasteiger partial charge on any atom is 0.122 e. The van der Waals surface area contributed by atoms with Crippen LogP contribution in [-0.2, 0) is 0 Å².